The summed E-state index contributed by atoms with van der Waals surface area (Å²) in [6, 6.07) is 18.8. The molecule has 0 saturated carbocycles. The standard InChI is InChI=1S/C30H32N4O6/c1-18-9-14-24(25(15-18)33-27(36)20-10-12-23(13-11-20)30(3,4)5)32-28(37)22-8-6-7-21(16-22)26(31)34-29(38)40-17-39-19(2)35/h6-16H,17H2,1-5H3,(H,32,37)(H,33,36)(H2,31,34,38). The highest BCUT2D eigenvalue weighted by molar-refractivity contribution is 6.11. The maximum absolute atomic E-state index is 13.1. The first kappa shape index (κ1) is 29.6. The molecule has 4 N–H and O–H groups in total. The van der Waals surface area contributed by atoms with Gasteiger partial charge >= 0.3 is 12.1 Å². The summed E-state index contributed by atoms with van der Waals surface area (Å²) in [6.45, 7) is 8.75. The molecule has 40 heavy (non-hydrogen) atoms. The summed E-state index contributed by atoms with van der Waals surface area (Å²) in [5.74, 6) is -1.59. The van der Waals surface area contributed by atoms with Crippen LogP contribution in [0.5, 0.6) is 0 Å². The van der Waals surface area contributed by atoms with Crippen LogP contribution in [0.4, 0.5) is 16.2 Å². The summed E-state index contributed by atoms with van der Waals surface area (Å²) < 4.78 is 9.16. The fraction of sp³-hybridized carbons (Fsp3) is 0.233. The average Bonchev–Trinajstić information content (AvgIpc) is 2.89. The van der Waals surface area contributed by atoms with Crippen LogP contribution in [0.25, 0.3) is 0 Å². The van der Waals surface area contributed by atoms with Gasteiger partial charge in [-0.3, -0.25) is 14.4 Å². The van der Waals surface area contributed by atoms with Crippen molar-refractivity contribution in [3.63, 3.8) is 0 Å². The van der Waals surface area contributed by atoms with Crippen molar-refractivity contribution in [2.75, 3.05) is 17.4 Å². The number of nitrogens with one attached hydrogen (secondary N) is 2. The van der Waals surface area contributed by atoms with Crippen molar-refractivity contribution >= 4 is 41.1 Å². The Hall–Kier alpha value is -4.99. The second-order valence-electron chi connectivity index (χ2n) is 10.0. The molecule has 208 valence electrons. The first-order valence-electron chi connectivity index (χ1n) is 12.4. The SMILES string of the molecule is CC(=O)OCOC(=O)N=C(N)c1cccc(C(=O)Nc2ccc(C)cc2NC(=O)c2ccc(C(C)(C)C)cc2)c1. The Labute approximate surface area is 232 Å². The van der Waals surface area contributed by atoms with Crippen molar-refractivity contribution in [2.45, 2.75) is 40.0 Å². The fourth-order valence-electron chi connectivity index (χ4n) is 3.56. The Balaban J connectivity index is 1.75. The number of carbonyl (C=O) groups is 4. The zero-order valence-corrected chi connectivity index (χ0v) is 23.0. The molecule has 10 nitrogen and oxygen atoms in total. The molecule has 0 bridgehead atoms. The van der Waals surface area contributed by atoms with Crippen molar-refractivity contribution in [2.24, 2.45) is 10.7 Å². The number of nitrogens with zero attached hydrogens (tertiary/aromatic N) is 1. The van der Waals surface area contributed by atoms with Crippen LogP contribution in [0.3, 0.4) is 0 Å². The monoisotopic (exact) mass is 544 g/mol. The second kappa shape index (κ2) is 12.7. The first-order valence-corrected chi connectivity index (χ1v) is 12.4. The number of aryl methyl sites for hydroxylation is 1. The quantitative estimate of drug-likeness (QED) is 0.161. The highest BCUT2D eigenvalue weighted by Gasteiger charge is 2.17. The average molecular weight is 545 g/mol. The van der Waals surface area contributed by atoms with Crippen LogP contribution < -0.4 is 16.4 Å². The number of amides is 3. The van der Waals surface area contributed by atoms with Crippen LogP contribution in [-0.4, -0.2) is 36.5 Å². The van der Waals surface area contributed by atoms with Crippen molar-refractivity contribution < 1.29 is 28.7 Å². The highest BCUT2D eigenvalue weighted by atomic mass is 16.7. The van der Waals surface area contributed by atoms with Crippen LogP contribution in [0.2, 0.25) is 0 Å². The lowest BCUT2D eigenvalue weighted by Crippen LogP contribution is -2.19. The van der Waals surface area contributed by atoms with Gasteiger partial charge in [-0.05, 0) is 59.9 Å². The Bertz CT molecular complexity index is 1460. The number of anilines is 2. The molecule has 0 heterocycles. The minimum atomic E-state index is -1.05. The highest BCUT2D eigenvalue weighted by Crippen LogP contribution is 2.26. The third-order valence-electron chi connectivity index (χ3n) is 5.76. The number of benzene rings is 3. The van der Waals surface area contributed by atoms with E-state index in [0.717, 1.165) is 11.1 Å². The fourth-order valence-corrected chi connectivity index (χ4v) is 3.56. The van der Waals surface area contributed by atoms with Crippen molar-refractivity contribution in [3.05, 3.63) is 94.5 Å². The summed E-state index contributed by atoms with van der Waals surface area (Å²) in [5.41, 5.74) is 9.72. The summed E-state index contributed by atoms with van der Waals surface area (Å²) in [4.78, 5) is 52.2. The van der Waals surface area contributed by atoms with E-state index in [-0.39, 0.29) is 22.7 Å². The van der Waals surface area contributed by atoms with E-state index < -0.39 is 24.8 Å². The summed E-state index contributed by atoms with van der Waals surface area (Å²) >= 11 is 0. The van der Waals surface area contributed by atoms with Gasteiger partial charge in [-0.2, -0.15) is 4.99 Å². The largest absolute Gasteiger partial charge is 0.438 e. The predicted octanol–water partition coefficient (Wildman–Crippen LogP) is 5.16. The maximum Gasteiger partial charge on any atom is 0.438 e. The van der Waals surface area contributed by atoms with Gasteiger partial charge in [0, 0.05) is 23.6 Å². The molecule has 3 rings (SSSR count). The number of rotatable bonds is 7. The number of aliphatic imine (C=N–C) groups is 1. The van der Waals surface area contributed by atoms with Gasteiger partial charge in [0.25, 0.3) is 11.8 Å². The van der Waals surface area contributed by atoms with Crippen molar-refractivity contribution in [3.8, 4) is 0 Å². The molecule has 3 aromatic carbocycles. The molecule has 10 heteroatoms. The van der Waals surface area contributed by atoms with Gasteiger partial charge in [-0.25, -0.2) is 4.79 Å². The third kappa shape index (κ3) is 8.26. The Morgan fingerprint density at radius 1 is 0.800 bits per heavy atom. The molecule has 0 aliphatic heterocycles. The van der Waals surface area contributed by atoms with Gasteiger partial charge in [-0.15, -0.1) is 0 Å². The molecule has 3 amide bonds. The normalized spacial score (nSPS) is 11.4. The topological polar surface area (TPSA) is 149 Å². The number of amidine groups is 1. The molecule has 0 saturated heterocycles. The second-order valence-corrected chi connectivity index (χ2v) is 10.0. The smallest absolute Gasteiger partial charge is 0.428 e. The van der Waals surface area contributed by atoms with Crippen molar-refractivity contribution in [1.29, 1.82) is 0 Å². The number of hydrogen-bond acceptors (Lipinski definition) is 6. The third-order valence-corrected chi connectivity index (χ3v) is 5.76. The molecule has 0 spiro atoms. The maximum atomic E-state index is 13.1. The number of ether oxygens (including phenoxy) is 2. The lowest BCUT2D eigenvalue weighted by molar-refractivity contribution is -0.148. The molecule has 0 fully saturated rings. The van der Waals surface area contributed by atoms with Gasteiger partial charge in [-0.1, -0.05) is 51.1 Å². The van der Waals surface area contributed by atoms with Crippen LogP contribution in [0.15, 0.2) is 71.7 Å². The Kier molecular flexibility index (Phi) is 9.39. The molecule has 0 unspecified atom stereocenters. The summed E-state index contributed by atoms with van der Waals surface area (Å²) in [5, 5.41) is 5.69. The first-order chi connectivity index (χ1) is 18.8. The van der Waals surface area contributed by atoms with Gasteiger partial charge in [0.2, 0.25) is 6.79 Å². The van der Waals surface area contributed by atoms with Crippen molar-refractivity contribution in [1.82, 2.24) is 0 Å². The molecule has 0 aliphatic carbocycles. The minimum absolute atomic E-state index is 0.0363. The molecule has 0 aromatic heterocycles. The number of nitrogens with two attached hydrogens (primary N) is 1. The lowest BCUT2D eigenvalue weighted by atomic mass is 9.87. The van der Waals surface area contributed by atoms with E-state index in [9.17, 15) is 19.2 Å². The molecule has 0 radical (unpaired) electrons. The summed E-state index contributed by atoms with van der Waals surface area (Å²) in [7, 11) is 0. The zero-order chi connectivity index (χ0) is 29.4. The Morgan fingerprint density at radius 2 is 1.43 bits per heavy atom. The van der Waals surface area contributed by atoms with E-state index in [1.54, 1.807) is 42.5 Å². The van der Waals surface area contributed by atoms with Crippen LogP contribution in [0, 0.1) is 6.92 Å². The van der Waals surface area contributed by atoms with Gasteiger partial charge < -0.3 is 25.8 Å². The minimum Gasteiger partial charge on any atom is -0.428 e. The molecular formula is C30H32N4O6. The van der Waals surface area contributed by atoms with Crippen LogP contribution >= 0.6 is 0 Å². The molecule has 0 atom stereocenters. The summed E-state index contributed by atoms with van der Waals surface area (Å²) in [6.07, 6.45) is -1.05. The van der Waals surface area contributed by atoms with E-state index in [2.05, 4.69) is 45.9 Å². The number of hydrogen-bond donors (Lipinski definition) is 3. The molecule has 0 aliphatic rings. The van der Waals surface area contributed by atoms with E-state index >= 15 is 0 Å². The number of carbonyl (C=O) groups excluding carboxylic acids is 4. The van der Waals surface area contributed by atoms with Gasteiger partial charge in [0.1, 0.15) is 5.84 Å². The van der Waals surface area contributed by atoms with Crippen LogP contribution in [-0.2, 0) is 19.7 Å². The molecular weight excluding hydrogens is 512 g/mol. The lowest BCUT2D eigenvalue weighted by Gasteiger charge is -2.19. The predicted molar refractivity (Wildman–Crippen MR) is 153 cm³/mol. The van der Waals surface area contributed by atoms with E-state index in [1.807, 2.05) is 25.1 Å². The van der Waals surface area contributed by atoms with E-state index in [0.29, 0.717) is 22.5 Å². The number of esters is 1. The zero-order valence-electron chi connectivity index (χ0n) is 23.0. The van der Waals surface area contributed by atoms with Gasteiger partial charge in [0.05, 0.1) is 11.4 Å². The molecule has 3 aromatic rings. The van der Waals surface area contributed by atoms with Gasteiger partial charge in [0.15, 0.2) is 0 Å². The van der Waals surface area contributed by atoms with Crippen LogP contribution in [0.1, 0.15) is 65.1 Å². The Morgan fingerprint density at radius 3 is 2.08 bits per heavy atom. The van der Waals surface area contributed by atoms with E-state index in [1.165, 1.54) is 13.0 Å². The van der Waals surface area contributed by atoms with E-state index in [4.69, 9.17) is 5.73 Å².